The number of benzene rings is 1. The molecule has 0 bridgehead atoms. The van der Waals surface area contributed by atoms with E-state index in [1.54, 1.807) is 49.4 Å². The monoisotopic (exact) mass is 392 g/mol. The molecule has 5 nitrogen and oxygen atoms in total. The van der Waals surface area contributed by atoms with Gasteiger partial charge in [0.15, 0.2) is 15.3 Å². The molecule has 0 aliphatic heterocycles. The molecule has 0 aliphatic carbocycles. The standard InChI is InChI=1S/C22H20N2O3S/c1-4-9-17(5-2)15-28(26,27)21-14-20(25)19-13-12-16(3)23-22(19)24(21)18-10-7-6-8-11-18/h4-14H,1-2,15H2,3H3/b17-9+. The summed E-state index contributed by atoms with van der Waals surface area (Å²) in [7, 11) is -3.86. The number of hydrogen-bond donors (Lipinski definition) is 0. The van der Waals surface area contributed by atoms with Gasteiger partial charge in [0, 0.05) is 17.4 Å². The molecule has 0 saturated heterocycles. The lowest BCUT2D eigenvalue weighted by atomic mass is 10.2. The largest absolute Gasteiger partial charge is 0.289 e. The summed E-state index contributed by atoms with van der Waals surface area (Å²) in [5.41, 5.74) is 1.70. The number of rotatable bonds is 6. The normalized spacial score (nSPS) is 12.1. The van der Waals surface area contributed by atoms with Gasteiger partial charge in [-0.15, -0.1) is 0 Å². The first kappa shape index (κ1) is 19.5. The van der Waals surface area contributed by atoms with Crippen LogP contribution in [0.1, 0.15) is 5.69 Å². The van der Waals surface area contributed by atoms with Gasteiger partial charge in [0.25, 0.3) is 0 Å². The molecule has 2 aromatic heterocycles. The Hall–Kier alpha value is -3.25. The summed E-state index contributed by atoms with van der Waals surface area (Å²) in [6, 6.07) is 13.6. The Morgan fingerprint density at radius 1 is 1.14 bits per heavy atom. The lowest BCUT2D eigenvalue weighted by molar-refractivity contribution is 0.591. The van der Waals surface area contributed by atoms with Gasteiger partial charge in [-0.3, -0.25) is 9.36 Å². The van der Waals surface area contributed by atoms with Crippen LogP contribution in [0.4, 0.5) is 0 Å². The molecule has 1 aromatic carbocycles. The molecule has 0 amide bonds. The maximum absolute atomic E-state index is 13.2. The Bertz CT molecular complexity index is 1250. The van der Waals surface area contributed by atoms with Gasteiger partial charge in [-0.25, -0.2) is 13.4 Å². The average molecular weight is 392 g/mol. The first-order valence-corrected chi connectivity index (χ1v) is 10.3. The number of hydrogen-bond acceptors (Lipinski definition) is 4. The van der Waals surface area contributed by atoms with Crippen LogP contribution in [0, 0.1) is 6.92 Å². The molecule has 2 heterocycles. The Labute approximate surface area is 163 Å². The molecule has 28 heavy (non-hydrogen) atoms. The first-order chi connectivity index (χ1) is 13.4. The minimum Gasteiger partial charge on any atom is -0.289 e. The molecule has 0 unspecified atom stereocenters. The third kappa shape index (κ3) is 3.73. The molecule has 3 rings (SSSR count). The van der Waals surface area contributed by atoms with Crippen LogP contribution >= 0.6 is 0 Å². The fourth-order valence-electron chi connectivity index (χ4n) is 2.94. The van der Waals surface area contributed by atoms with Crippen molar-refractivity contribution in [2.45, 2.75) is 11.9 Å². The topological polar surface area (TPSA) is 69.0 Å². The van der Waals surface area contributed by atoms with Crippen molar-refractivity contribution in [3.8, 4) is 5.69 Å². The zero-order chi connectivity index (χ0) is 20.3. The Morgan fingerprint density at radius 2 is 1.86 bits per heavy atom. The summed E-state index contributed by atoms with van der Waals surface area (Å²) in [6.07, 6.45) is 4.55. The smallest absolute Gasteiger partial charge is 0.198 e. The SMILES string of the molecule is C=C/C=C(\C=C)CS(=O)(=O)c1cc(=O)c2ccc(C)nc2n1-c1ccccc1. The average Bonchev–Trinajstić information content (AvgIpc) is 2.67. The van der Waals surface area contributed by atoms with Gasteiger partial charge in [-0.05, 0) is 36.8 Å². The molecule has 0 spiro atoms. The predicted molar refractivity (Wildman–Crippen MR) is 113 cm³/mol. The van der Waals surface area contributed by atoms with E-state index >= 15 is 0 Å². The minimum atomic E-state index is -3.86. The summed E-state index contributed by atoms with van der Waals surface area (Å²) in [4.78, 5) is 17.1. The maximum Gasteiger partial charge on any atom is 0.198 e. The second-order valence-corrected chi connectivity index (χ2v) is 8.22. The fraction of sp³-hybridized carbons (Fsp3) is 0.0909. The van der Waals surface area contributed by atoms with Crippen molar-refractivity contribution in [3.63, 3.8) is 0 Å². The third-order valence-electron chi connectivity index (χ3n) is 4.25. The summed E-state index contributed by atoms with van der Waals surface area (Å²) in [5.74, 6) is -0.299. The van der Waals surface area contributed by atoms with E-state index in [4.69, 9.17) is 0 Å². The highest BCUT2D eigenvalue weighted by Crippen LogP contribution is 2.23. The lowest BCUT2D eigenvalue weighted by Gasteiger charge is -2.17. The number of nitrogens with zero attached hydrogens (tertiary/aromatic N) is 2. The number of aromatic nitrogens is 2. The zero-order valence-corrected chi connectivity index (χ0v) is 16.3. The fourth-order valence-corrected chi connectivity index (χ4v) is 4.50. The predicted octanol–water partition coefficient (Wildman–Crippen LogP) is 3.77. The van der Waals surface area contributed by atoms with Crippen molar-refractivity contribution < 1.29 is 8.42 Å². The van der Waals surface area contributed by atoms with Crippen molar-refractivity contribution in [2.75, 3.05) is 5.75 Å². The molecule has 0 aliphatic rings. The molecule has 0 N–H and O–H groups in total. The van der Waals surface area contributed by atoms with E-state index < -0.39 is 9.84 Å². The lowest BCUT2D eigenvalue weighted by Crippen LogP contribution is -2.20. The number of pyridine rings is 2. The van der Waals surface area contributed by atoms with Crippen molar-refractivity contribution in [3.05, 3.63) is 101 Å². The van der Waals surface area contributed by atoms with Crippen molar-refractivity contribution in [1.82, 2.24) is 9.55 Å². The number of fused-ring (bicyclic) bond motifs is 1. The van der Waals surface area contributed by atoms with Crippen LogP contribution in [0.2, 0.25) is 0 Å². The van der Waals surface area contributed by atoms with Crippen LogP contribution in [0.15, 0.2) is 95.3 Å². The molecular formula is C22H20N2O3S. The van der Waals surface area contributed by atoms with Gasteiger partial charge in [0.1, 0.15) is 10.7 Å². The Balaban J connectivity index is 2.40. The van der Waals surface area contributed by atoms with Gasteiger partial charge in [0.05, 0.1) is 11.1 Å². The summed E-state index contributed by atoms with van der Waals surface area (Å²) in [6.45, 7) is 9.05. The van der Waals surface area contributed by atoms with Gasteiger partial charge in [-0.2, -0.15) is 0 Å². The number of sulfone groups is 1. The zero-order valence-electron chi connectivity index (χ0n) is 15.5. The number of para-hydroxylation sites is 1. The molecule has 0 saturated carbocycles. The van der Waals surface area contributed by atoms with Crippen LogP contribution < -0.4 is 5.43 Å². The van der Waals surface area contributed by atoms with Crippen molar-refractivity contribution in [2.24, 2.45) is 0 Å². The van der Waals surface area contributed by atoms with E-state index in [0.717, 1.165) is 6.07 Å². The van der Waals surface area contributed by atoms with Crippen molar-refractivity contribution in [1.29, 1.82) is 0 Å². The summed E-state index contributed by atoms with van der Waals surface area (Å²) < 4.78 is 28.0. The van der Waals surface area contributed by atoms with Crippen molar-refractivity contribution >= 4 is 20.9 Å². The van der Waals surface area contributed by atoms with E-state index in [1.165, 1.54) is 16.7 Å². The molecule has 0 radical (unpaired) electrons. The minimum absolute atomic E-state index is 0.105. The first-order valence-electron chi connectivity index (χ1n) is 8.63. The van der Waals surface area contributed by atoms with E-state index in [9.17, 15) is 13.2 Å². The van der Waals surface area contributed by atoms with E-state index in [2.05, 4.69) is 18.1 Å². The molecule has 6 heteroatoms. The van der Waals surface area contributed by atoms with Gasteiger partial charge < -0.3 is 0 Å². The van der Waals surface area contributed by atoms with E-state index in [0.29, 0.717) is 28.0 Å². The highest BCUT2D eigenvalue weighted by atomic mass is 32.2. The van der Waals surface area contributed by atoms with Crippen LogP contribution in [0.3, 0.4) is 0 Å². The van der Waals surface area contributed by atoms with Gasteiger partial charge in [0.2, 0.25) is 0 Å². The van der Waals surface area contributed by atoms with Crippen LogP contribution in [-0.4, -0.2) is 23.7 Å². The quantitative estimate of drug-likeness (QED) is 0.599. The number of aryl methyl sites for hydroxylation is 1. The number of allylic oxidation sites excluding steroid dienone is 3. The Kier molecular flexibility index (Phi) is 5.42. The molecule has 142 valence electrons. The second-order valence-electron chi connectivity index (χ2n) is 6.28. The van der Waals surface area contributed by atoms with Crippen LogP contribution in [0.5, 0.6) is 0 Å². The molecule has 0 atom stereocenters. The van der Waals surface area contributed by atoms with Gasteiger partial charge in [-0.1, -0.05) is 49.6 Å². The van der Waals surface area contributed by atoms with Crippen LogP contribution in [0.25, 0.3) is 16.7 Å². The summed E-state index contributed by atoms with van der Waals surface area (Å²) >= 11 is 0. The highest BCUT2D eigenvalue weighted by Gasteiger charge is 2.24. The molecular weight excluding hydrogens is 372 g/mol. The molecule has 3 aromatic rings. The Morgan fingerprint density at radius 3 is 2.50 bits per heavy atom. The second kappa shape index (κ2) is 7.78. The van der Waals surface area contributed by atoms with Gasteiger partial charge >= 0.3 is 0 Å². The third-order valence-corrected chi connectivity index (χ3v) is 5.90. The van der Waals surface area contributed by atoms with E-state index in [1.807, 2.05) is 6.07 Å². The molecule has 0 fully saturated rings. The van der Waals surface area contributed by atoms with E-state index in [-0.39, 0.29) is 16.2 Å². The van der Waals surface area contributed by atoms with Crippen LogP contribution in [-0.2, 0) is 9.84 Å². The highest BCUT2D eigenvalue weighted by molar-refractivity contribution is 7.91. The summed E-state index contributed by atoms with van der Waals surface area (Å²) in [5, 5.41) is 0.255. The maximum atomic E-state index is 13.2.